The first-order chi connectivity index (χ1) is 11.2. The Morgan fingerprint density at radius 1 is 1.54 bits per heavy atom. The predicted molar refractivity (Wildman–Crippen MR) is 82.7 cm³/mol. The van der Waals surface area contributed by atoms with E-state index >= 15 is 0 Å². The zero-order valence-corrected chi connectivity index (χ0v) is 13.9. The van der Waals surface area contributed by atoms with E-state index in [1.54, 1.807) is 17.5 Å². The van der Waals surface area contributed by atoms with Gasteiger partial charge in [-0.1, -0.05) is 22.8 Å². The highest BCUT2D eigenvalue weighted by molar-refractivity contribution is 7.12. The van der Waals surface area contributed by atoms with Crippen LogP contribution in [-0.2, 0) is 22.4 Å². The molecule has 0 saturated carbocycles. The van der Waals surface area contributed by atoms with E-state index in [1.807, 2.05) is 0 Å². The summed E-state index contributed by atoms with van der Waals surface area (Å²) in [5.41, 5.74) is 4.54. The average molecular weight is 381 g/mol. The third-order valence-corrected chi connectivity index (χ3v) is 4.29. The van der Waals surface area contributed by atoms with Gasteiger partial charge in [0.25, 0.3) is 0 Å². The van der Waals surface area contributed by atoms with Crippen LogP contribution in [0.1, 0.15) is 22.7 Å². The minimum absolute atomic E-state index is 0.0380. The number of aromatic nitrogens is 2. The number of carbonyl (C=O) groups excluding carboxylic acids is 1. The number of halogens is 4. The SMILES string of the molecule is Cc1c(Cl)c(C(F)(F)F)nn1CCC(=O)O/N=C(\N)c1cccs1. The fourth-order valence-corrected chi connectivity index (χ4v) is 2.60. The molecule has 0 atom stereocenters. The third kappa shape index (κ3) is 4.26. The summed E-state index contributed by atoms with van der Waals surface area (Å²) in [6, 6.07) is 3.46. The minimum Gasteiger partial charge on any atom is -0.380 e. The molecule has 2 aromatic rings. The molecule has 0 aliphatic rings. The van der Waals surface area contributed by atoms with Crippen LogP contribution in [-0.4, -0.2) is 21.6 Å². The van der Waals surface area contributed by atoms with Crippen LogP contribution < -0.4 is 5.73 Å². The van der Waals surface area contributed by atoms with E-state index in [-0.39, 0.29) is 24.5 Å². The quantitative estimate of drug-likeness (QED) is 0.374. The van der Waals surface area contributed by atoms with Gasteiger partial charge in [-0.3, -0.25) is 4.68 Å². The predicted octanol–water partition coefficient (Wildman–Crippen LogP) is 3.18. The number of carbonyl (C=O) groups is 1. The number of thiophene rings is 1. The lowest BCUT2D eigenvalue weighted by Gasteiger charge is -2.03. The zero-order chi connectivity index (χ0) is 17.9. The second-order valence-electron chi connectivity index (χ2n) is 4.64. The van der Waals surface area contributed by atoms with E-state index in [2.05, 4.69) is 15.1 Å². The van der Waals surface area contributed by atoms with E-state index in [0.29, 0.717) is 4.88 Å². The van der Waals surface area contributed by atoms with Crippen molar-refractivity contribution in [2.24, 2.45) is 10.9 Å². The van der Waals surface area contributed by atoms with Crippen LogP contribution in [0.4, 0.5) is 13.2 Å². The molecular weight excluding hydrogens is 369 g/mol. The third-order valence-electron chi connectivity index (χ3n) is 2.95. The highest BCUT2D eigenvalue weighted by Gasteiger charge is 2.38. The van der Waals surface area contributed by atoms with Gasteiger partial charge in [0.2, 0.25) is 0 Å². The van der Waals surface area contributed by atoms with Gasteiger partial charge in [0.15, 0.2) is 11.5 Å². The Balaban J connectivity index is 1.96. The van der Waals surface area contributed by atoms with Crippen molar-refractivity contribution in [1.29, 1.82) is 0 Å². The van der Waals surface area contributed by atoms with Crippen molar-refractivity contribution in [3.05, 3.63) is 38.8 Å². The first-order valence-corrected chi connectivity index (χ1v) is 7.83. The van der Waals surface area contributed by atoms with Gasteiger partial charge in [-0.2, -0.15) is 18.3 Å². The summed E-state index contributed by atoms with van der Waals surface area (Å²) < 4.78 is 39.1. The van der Waals surface area contributed by atoms with Crippen LogP contribution in [0.25, 0.3) is 0 Å². The molecule has 6 nitrogen and oxygen atoms in total. The zero-order valence-electron chi connectivity index (χ0n) is 12.3. The highest BCUT2D eigenvalue weighted by Crippen LogP contribution is 2.35. The Morgan fingerprint density at radius 2 is 2.25 bits per heavy atom. The molecular formula is C13H12ClF3N4O2S. The van der Waals surface area contributed by atoms with Crippen LogP contribution in [0, 0.1) is 6.92 Å². The first-order valence-electron chi connectivity index (χ1n) is 6.57. The highest BCUT2D eigenvalue weighted by atomic mass is 35.5. The van der Waals surface area contributed by atoms with Gasteiger partial charge in [-0.05, 0) is 18.4 Å². The maximum atomic E-state index is 12.7. The van der Waals surface area contributed by atoms with E-state index in [0.717, 1.165) is 4.68 Å². The summed E-state index contributed by atoms with van der Waals surface area (Å²) in [6.07, 6.45) is -4.90. The number of hydrogen-bond donors (Lipinski definition) is 1. The molecule has 2 aromatic heterocycles. The van der Waals surface area contributed by atoms with Crippen molar-refractivity contribution < 1.29 is 22.8 Å². The summed E-state index contributed by atoms with van der Waals surface area (Å²) in [6.45, 7) is 1.25. The molecule has 0 fully saturated rings. The summed E-state index contributed by atoms with van der Waals surface area (Å²) in [5, 5.41) is 8.15. The molecule has 0 aromatic carbocycles. The van der Waals surface area contributed by atoms with E-state index in [9.17, 15) is 18.0 Å². The largest absolute Gasteiger partial charge is 0.436 e. The number of rotatable bonds is 5. The maximum Gasteiger partial charge on any atom is 0.436 e. The second kappa shape index (κ2) is 7.22. The van der Waals surface area contributed by atoms with Crippen LogP contribution in [0.15, 0.2) is 22.7 Å². The van der Waals surface area contributed by atoms with Gasteiger partial charge in [-0.25, -0.2) is 4.79 Å². The Bertz CT molecular complexity index is 756. The molecule has 0 unspecified atom stereocenters. The molecule has 0 spiro atoms. The summed E-state index contributed by atoms with van der Waals surface area (Å²) >= 11 is 6.94. The summed E-state index contributed by atoms with van der Waals surface area (Å²) in [7, 11) is 0. The number of amidine groups is 1. The molecule has 0 radical (unpaired) electrons. The lowest BCUT2D eigenvalue weighted by atomic mass is 10.3. The number of nitrogens with two attached hydrogens (primary N) is 1. The van der Waals surface area contributed by atoms with Crippen molar-refractivity contribution in [1.82, 2.24) is 9.78 Å². The molecule has 130 valence electrons. The molecule has 0 aliphatic carbocycles. The number of hydrogen-bond acceptors (Lipinski definition) is 5. The van der Waals surface area contributed by atoms with E-state index in [1.165, 1.54) is 18.3 Å². The Hall–Kier alpha value is -2.07. The molecule has 2 rings (SSSR count). The van der Waals surface area contributed by atoms with Gasteiger partial charge in [-0.15, -0.1) is 11.3 Å². The smallest absolute Gasteiger partial charge is 0.380 e. The molecule has 11 heteroatoms. The van der Waals surface area contributed by atoms with Crippen LogP contribution in [0.5, 0.6) is 0 Å². The maximum absolute atomic E-state index is 12.7. The average Bonchev–Trinajstić information content (AvgIpc) is 3.13. The van der Waals surface area contributed by atoms with Crippen molar-refractivity contribution >= 4 is 34.7 Å². The van der Waals surface area contributed by atoms with E-state index < -0.39 is 22.9 Å². The Morgan fingerprint density at radius 3 is 2.79 bits per heavy atom. The fraction of sp³-hybridized carbons (Fsp3) is 0.308. The number of aryl methyl sites for hydroxylation is 1. The Labute approximate surface area is 143 Å². The minimum atomic E-state index is -4.66. The molecule has 0 amide bonds. The summed E-state index contributed by atoms with van der Waals surface area (Å²) in [4.78, 5) is 16.9. The van der Waals surface area contributed by atoms with Gasteiger partial charge >= 0.3 is 12.1 Å². The number of alkyl halides is 3. The molecule has 2 heterocycles. The number of oxime groups is 1. The molecule has 24 heavy (non-hydrogen) atoms. The van der Waals surface area contributed by atoms with Crippen molar-refractivity contribution in [2.45, 2.75) is 26.1 Å². The number of nitrogens with zero attached hydrogens (tertiary/aromatic N) is 3. The van der Waals surface area contributed by atoms with Crippen molar-refractivity contribution in [2.75, 3.05) is 0 Å². The molecule has 2 N–H and O–H groups in total. The van der Waals surface area contributed by atoms with Crippen LogP contribution in [0.2, 0.25) is 5.02 Å². The second-order valence-corrected chi connectivity index (χ2v) is 5.96. The van der Waals surface area contributed by atoms with Gasteiger partial charge in [0.05, 0.1) is 28.6 Å². The topological polar surface area (TPSA) is 82.5 Å². The van der Waals surface area contributed by atoms with Crippen molar-refractivity contribution in [3.8, 4) is 0 Å². The van der Waals surface area contributed by atoms with Gasteiger partial charge in [0.1, 0.15) is 0 Å². The van der Waals surface area contributed by atoms with Crippen LogP contribution >= 0.6 is 22.9 Å². The lowest BCUT2D eigenvalue weighted by Crippen LogP contribution is -2.15. The lowest BCUT2D eigenvalue weighted by molar-refractivity contribution is -0.144. The Kier molecular flexibility index (Phi) is 5.50. The molecule has 0 aliphatic heterocycles. The van der Waals surface area contributed by atoms with Crippen molar-refractivity contribution in [3.63, 3.8) is 0 Å². The standard InChI is InChI=1S/C13H12ClF3N4O2S/c1-7-10(14)11(13(15,16)17)19-21(7)5-4-9(22)23-20-12(18)8-3-2-6-24-8/h2-3,6H,4-5H2,1H3,(H2,18,20). The van der Waals surface area contributed by atoms with Gasteiger partial charge < -0.3 is 10.6 Å². The molecule has 0 bridgehead atoms. The van der Waals surface area contributed by atoms with Gasteiger partial charge in [0, 0.05) is 0 Å². The normalized spacial score (nSPS) is 12.5. The van der Waals surface area contributed by atoms with Crippen LogP contribution in [0.3, 0.4) is 0 Å². The monoisotopic (exact) mass is 380 g/mol. The summed E-state index contributed by atoms with van der Waals surface area (Å²) in [5.74, 6) is -0.717. The van der Waals surface area contributed by atoms with E-state index in [4.69, 9.17) is 17.3 Å². The fourth-order valence-electron chi connectivity index (χ4n) is 1.74. The molecule has 0 saturated heterocycles. The first kappa shape index (κ1) is 18.3.